The van der Waals surface area contributed by atoms with Crippen LogP contribution in [-0.4, -0.2) is 36.8 Å². The number of hydrogen-bond donors (Lipinski definition) is 2. The van der Waals surface area contributed by atoms with Gasteiger partial charge in [0.15, 0.2) is 0 Å². The average Bonchev–Trinajstić information content (AvgIpc) is 3.18. The highest BCUT2D eigenvalue weighted by atomic mass is 32.2. The Hall–Kier alpha value is -2.38. The number of phenols is 1. The van der Waals surface area contributed by atoms with Crippen molar-refractivity contribution in [3.05, 3.63) is 54.1 Å². The van der Waals surface area contributed by atoms with Crippen LogP contribution in [0.5, 0.6) is 5.75 Å². The first-order valence-electron chi connectivity index (χ1n) is 8.64. The predicted octanol–water partition coefficient (Wildman–Crippen LogP) is 2.75. The number of phenolic OH excluding ortho intramolecular Hbond substituents is 1. The number of nitrogens with one attached hydrogen (secondary N) is 1. The first kappa shape index (κ1) is 18.4. The lowest BCUT2D eigenvalue weighted by atomic mass is 10.1. The van der Waals surface area contributed by atoms with Crippen molar-refractivity contribution >= 4 is 21.6 Å². The Balaban J connectivity index is 1.70. The Bertz CT molecular complexity index is 876. The third-order valence-electron chi connectivity index (χ3n) is 4.43. The van der Waals surface area contributed by atoms with E-state index in [-0.39, 0.29) is 28.7 Å². The van der Waals surface area contributed by atoms with Gasteiger partial charge in [-0.25, -0.2) is 8.42 Å². The SMILES string of the molecule is O=C(CCc1ccccc1)Nc1cc(S(=O)(=O)N2CCCC2)ccc1O. The molecule has 0 unspecified atom stereocenters. The number of nitrogens with zero attached hydrogens (tertiary/aromatic N) is 1. The van der Waals surface area contributed by atoms with Crippen LogP contribution in [0.2, 0.25) is 0 Å². The van der Waals surface area contributed by atoms with E-state index in [4.69, 9.17) is 0 Å². The Labute approximate surface area is 153 Å². The molecule has 26 heavy (non-hydrogen) atoms. The van der Waals surface area contributed by atoms with Crippen LogP contribution in [0.15, 0.2) is 53.4 Å². The van der Waals surface area contributed by atoms with Crippen molar-refractivity contribution in [2.24, 2.45) is 0 Å². The summed E-state index contributed by atoms with van der Waals surface area (Å²) in [6.07, 6.45) is 2.51. The number of hydrogen-bond acceptors (Lipinski definition) is 4. The van der Waals surface area contributed by atoms with Crippen molar-refractivity contribution in [1.29, 1.82) is 0 Å². The van der Waals surface area contributed by atoms with E-state index in [0.717, 1.165) is 18.4 Å². The van der Waals surface area contributed by atoms with Crippen LogP contribution in [-0.2, 0) is 21.2 Å². The van der Waals surface area contributed by atoms with Crippen molar-refractivity contribution in [3.8, 4) is 5.75 Å². The topological polar surface area (TPSA) is 86.7 Å². The second kappa shape index (κ2) is 7.88. The smallest absolute Gasteiger partial charge is 0.243 e. The maximum absolute atomic E-state index is 12.6. The molecule has 3 rings (SSSR count). The molecule has 0 spiro atoms. The van der Waals surface area contributed by atoms with Crippen molar-refractivity contribution < 1.29 is 18.3 Å². The van der Waals surface area contributed by atoms with Gasteiger partial charge in [-0.1, -0.05) is 30.3 Å². The molecule has 1 aliphatic rings. The van der Waals surface area contributed by atoms with E-state index >= 15 is 0 Å². The standard InChI is InChI=1S/C19H22N2O4S/c22-18-10-9-16(26(24,25)21-12-4-5-13-21)14-17(18)20-19(23)11-8-15-6-2-1-3-7-15/h1-3,6-7,9-10,14,22H,4-5,8,11-13H2,(H,20,23). The van der Waals surface area contributed by atoms with Crippen molar-refractivity contribution in [2.75, 3.05) is 18.4 Å². The van der Waals surface area contributed by atoms with Crippen LogP contribution in [0.3, 0.4) is 0 Å². The Morgan fingerprint density at radius 1 is 1.08 bits per heavy atom. The molecule has 2 aromatic carbocycles. The zero-order valence-electron chi connectivity index (χ0n) is 14.4. The van der Waals surface area contributed by atoms with Gasteiger partial charge in [-0.05, 0) is 43.0 Å². The molecule has 1 aliphatic heterocycles. The van der Waals surface area contributed by atoms with Crippen LogP contribution < -0.4 is 5.32 Å². The molecule has 1 amide bonds. The zero-order chi connectivity index (χ0) is 18.6. The zero-order valence-corrected chi connectivity index (χ0v) is 15.2. The Kier molecular flexibility index (Phi) is 5.58. The average molecular weight is 374 g/mol. The fourth-order valence-electron chi connectivity index (χ4n) is 2.97. The molecular weight excluding hydrogens is 352 g/mol. The van der Waals surface area contributed by atoms with Crippen molar-refractivity contribution in [2.45, 2.75) is 30.6 Å². The van der Waals surface area contributed by atoms with Gasteiger partial charge in [0.1, 0.15) is 5.75 Å². The summed E-state index contributed by atoms with van der Waals surface area (Å²) in [6.45, 7) is 1.00. The van der Waals surface area contributed by atoms with Crippen molar-refractivity contribution in [1.82, 2.24) is 4.31 Å². The molecule has 1 heterocycles. The first-order valence-corrected chi connectivity index (χ1v) is 10.1. The summed E-state index contributed by atoms with van der Waals surface area (Å²) in [5.74, 6) is -0.432. The van der Waals surface area contributed by atoms with Gasteiger partial charge < -0.3 is 10.4 Å². The Morgan fingerprint density at radius 3 is 2.46 bits per heavy atom. The number of aromatic hydroxyl groups is 1. The molecule has 7 heteroatoms. The van der Waals surface area contributed by atoms with E-state index in [1.54, 1.807) is 0 Å². The van der Waals surface area contributed by atoms with Gasteiger partial charge in [0.05, 0.1) is 10.6 Å². The number of carbonyl (C=O) groups is 1. The maximum Gasteiger partial charge on any atom is 0.243 e. The molecule has 0 bridgehead atoms. The lowest BCUT2D eigenvalue weighted by Crippen LogP contribution is -2.28. The number of sulfonamides is 1. The molecule has 2 aromatic rings. The van der Waals surface area contributed by atoms with Gasteiger partial charge in [0.25, 0.3) is 0 Å². The van der Waals surface area contributed by atoms with Gasteiger partial charge in [-0.15, -0.1) is 0 Å². The van der Waals surface area contributed by atoms with E-state index in [9.17, 15) is 18.3 Å². The molecule has 0 radical (unpaired) electrons. The Morgan fingerprint density at radius 2 is 1.77 bits per heavy atom. The summed E-state index contributed by atoms with van der Waals surface area (Å²) >= 11 is 0. The summed E-state index contributed by atoms with van der Waals surface area (Å²) in [5.41, 5.74) is 1.15. The molecule has 6 nitrogen and oxygen atoms in total. The minimum Gasteiger partial charge on any atom is -0.506 e. The molecule has 2 N–H and O–H groups in total. The normalized spacial score (nSPS) is 15.1. The second-order valence-corrected chi connectivity index (χ2v) is 8.26. The number of benzene rings is 2. The quantitative estimate of drug-likeness (QED) is 0.761. The highest BCUT2D eigenvalue weighted by molar-refractivity contribution is 7.89. The van der Waals surface area contributed by atoms with Gasteiger partial charge in [-0.2, -0.15) is 4.31 Å². The molecule has 0 aromatic heterocycles. The van der Waals surface area contributed by atoms with Crippen molar-refractivity contribution in [3.63, 3.8) is 0 Å². The fourth-order valence-corrected chi connectivity index (χ4v) is 4.51. The first-order chi connectivity index (χ1) is 12.5. The van der Waals surface area contributed by atoms with Gasteiger partial charge in [0.2, 0.25) is 15.9 Å². The highest BCUT2D eigenvalue weighted by Gasteiger charge is 2.27. The molecule has 0 atom stereocenters. The molecule has 138 valence electrons. The minimum absolute atomic E-state index is 0.0792. The molecular formula is C19H22N2O4S. The van der Waals surface area contributed by atoms with Crippen LogP contribution in [0.25, 0.3) is 0 Å². The molecule has 0 saturated carbocycles. The summed E-state index contributed by atoms with van der Waals surface area (Å²) in [5, 5.41) is 12.6. The largest absolute Gasteiger partial charge is 0.506 e. The van der Waals surface area contributed by atoms with Crippen LogP contribution in [0.1, 0.15) is 24.8 Å². The maximum atomic E-state index is 12.6. The van der Waals surface area contributed by atoms with Gasteiger partial charge >= 0.3 is 0 Å². The lowest BCUT2D eigenvalue weighted by molar-refractivity contribution is -0.116. The summed E-state index contributed by atoms with van der Waals surface area (Å²) in [4.78, 5) is 12.3. The van der Waals surface area contributed by atoms with Crippen LogP contribution in [0.4, 0.5) is 5.69 Å². The minimum atomic E-state index is -3.60. The number of amides is 1. The van der Waals surface area contributed by atoms with Gasteiger partial charge in [-0.3, -0.25) is 4.79 Å². The number of carbonyl (C=O) groups excluding carboxylic acids is 1. The number of rotatable bonds is 6. The molecule has 1 fully saturated rings. The predicted molar refractivity (Wildman–Crippen MR) is 99.5 cm³/mol. The number of anilines is 1. The van der Waals surface area contributed by atoms with E-state index in [1.165, 1.54) is 22.5 Å². The number of aryl methyl sites for hydroxylation is 1. The van der Waals surface area contributed by atoms with E-state index in [1.807, 2.05) is 30.3 Å². The molecule has 1 saturated heterocycles. The third-order valence-corrected chi connectivity index (χ3v) is 6.32. The van der Waals surface area contributed by atoms with E-state index < -0.39 is 10.0 Å². The monoisotopic (exact) mass is 374 g/mol. The third kappa shape index (κ3) is 4.23. The van der Waals surface area contributed by atoms with Gasteiger partial charge in [0, 0.05) is 19.5 Å². The second-order valence-electron chi connectivity index (χ2n) is 6.32. The van der Waals surface area contributed by atoms with Crippen LogP contribution in [0, 0.1) is 0 Å². The van der Waals surface area contributed by atoms with E-state index in [2.05, 4.69) is 5.32 Å². The summed E-state index contributed by atoms with van der Waals surface area (Å²) in [7, 11) is -3.60. The highest BCUT2D eigenvalue weighted by Crippen LogP contribution is 2.29. The fraction of sp³-hybridized carbons (Fsp3) is 0.316. The van der Waals surface area contributed by atoms with E-state index in [0.29, 0.717) is 19.5 Å². The summed E-state index contributed by atoms with van der Waals surface area (Å²) in [6, 6.07) is 13.6. The lowest BCUT2D eigenvalue weighted by Gasteiger charge is -2.16. The summed E-state index contributed by atoms with van der Waals surface area (Å²) < 4.78 is 26.7. The molecule has 0 aliphatic carbocycles. The van der Waals surface area contributed by atoms with Crippen LogP contribution >= 0.6 is 0 Å².